The first-order chi connectivity index (χ1) is 17.1. The fraction of sp³-hybridized carbons (Fsp3) is 0.600. The number of aliphatic hydroxyl groups excluding tert-OH is 1. The van der Waals surface area contributed by atoms with Crippen molar-refractivity contribution in [2.75, 3.05) is 6.61 Å². The lowest BCUT2D eigenvalue weighted by Crippen LogP contribution is -1.84. The topological polar surface area (TPSA) is 20.2 Å². The molecule has 0 amide bonds. The summed E-state index contributed by atoms with van der Waals surface area (Å²) in [4.78, 5) is 0. The molecule has 0 aromatic heterocycles. The molecule has 0 fully saturated rings. The van der Waals surface area contributed by atoms with Crippen LogP contribution in [0.3, 0.4) is 0 Å². The molecule has 1 nitrogen and oxygen atoms in total. The average molecular weight is 495 g/mol. The first-order valence-corrected chi connectivity index (χ1v) is 14.3. The summed E-state index contributed by atoms with van der Waals surface area (Å²) in [6, 6.07) is 0. The van der Waals surface area contributed by atoms with Crippen LogP contribution in [0.1, 0.15) is 132 Å². The van der Waals surface area contributed by atoms with Crippen molar-refractivity contribution in [1.82, 2.24) is 0 Å². The van der Waals surface area contributed by atoms with Crippen molar-refractivity contribution < 1.29 is 5.11 Å². The second-order valence-corrected chi connectivity index (χ2v) is 11.0. The van der Waals surface area contributed by atoms with Crippen molar-refractivity contribution in [3.05, 3.63) is 81.5 Å². The van der Waals surface area contributed by atoms with Gasteiger partial charge in [0.25, 0.3) is 0 Å². The van der Waals surface area contributed by atoms with E-state index in [2.05, 4.69) is 91.8 Å². The Kier molecular flexibility index (Phi) is 21.2. The molecule has 204 valence electrons. The predicted octanol–water partition coefficient (Wildman–Crippen LogP) is 11.3. The van der Waals surface area contributed by atoms with Crippen LogP contribution < -0.4 is 0 Å². The summed E-state index contributed by atoms with van der Waals surface area (Å²) in [6.07, 6.45) is 30.1. The zero-order valence-electron chi connectivity index (χ0n) is 25.2. The lowest BCUT2D eigenvalue weighted by atomic mass is 10.0. The van der Waals surface area contributed by atoms with Crippen LogP contribution in [-0.2, 0) is 0 Å². The summed E-state index contributed by atoms with van der Waals surface area (Å²) >= 11 is 0. The van der Waals surface area contributed by atoms with Gasteiger partial charge in [0.05, 0.1) is 6.61 Å². The zero-order valence-corrected chi connectivity index (χ0v) is 25.2. The van der Waals surface area contributed by atoms with Gasteiger partial charge < -0.3 is 5.11 Å². The van der Waals surface area contributed by atoms with Crippen LogP contribution in [-0.4, -0.2) is 11.7 Å². The largest absolute Gasteiger partial charge is 0.392 e. The van der Waals surface area contributed by atoms with Gasteiger partial charge in [-0.3, -0.25) is 0 Å². The maximum atomic E-state index is 8.93. The number of rotatable bonds is 19. The zero-order chi connectivity index (χ0) is 27.2. The van der Waals surface area contributed by atoms with Crippen LogP contribution in [0.15, 0.2) is 81.5 Å². The molecule has 0 heterocycles. The molecule has 0 aromatic rings. The molecule has 0 spiro atoms. The molecule has 0 bridgehead atoms. The van der Waals surface area contributed by atoms with Crippen molar-refractivity contribution in [2.45, 2.75) is 132 Å². The maximum Gasteiger partial charge on any atom is 0.0614 e. The van der Waals surface area contributed by atoms with E-state index in [0.29, 0.717) is 0 Å². The third-order valence-corrected chi connectivity index (χ3v) is 6.69. The molecule has 1 heteroatoms. The van der Waals surface area contributed by atoms with E-state index in [1.165, 1.54) is 77.5 Å². The second-order valence-electron chi connectivity index (χ2n) is 11.0. The van der Waals surface area contributed by atoms with E-state index in [9.17, 15) is 0 Å². The Balaban J connectivity index is 4.14. The highest BCUT2D eigenvalue weighted by molar-refractivity contribution is 5.09. The van der Waals surface area contributed by atoms with Gasteiger partial charge in [0.2, 0.25) is 0 Å². The van der Waals surface area contributed by atoms with Crippen molar-refractivity contribution in [3.8, 4) is 0 Å². The van der Waals surface area contributed by atoms with E-state index in [1.54, 1.807) is 0 Å². The van der Waals surface area contributed by atoms with Crippen molar-refractivity contribution in [2.24, 2.45) is 0 Å². The van der Waals surface area contributed by atoms with Crippen LogP contribution in [0, 0.1) is 0 Å². The van der Waals surface area contributed by atoms with Gasteiger partial charge in [-0.15, -0.1) is 0 Å². The maximum absolute atomic E-state index is 8.93. The van der Waals surface area contributed by atoms with E-state index >= 15 is 0 Å². The molecule has 0 aliphatic rings. The molecule has 0 aliphatic heterocycles. The van der Waals surface area contributed by atoms with Crippen LogP contribution in [0.4, 0.5) is 0 Å². The lowest BCUT2D eigenvalue weighted by Gasteiger charge is -2.04. The fourth-order valence-corrected chi connectivity index (χ4v) is 4.09. The number of hydrogen-bond acceptors (Lipinski definition) is 1. The normalized spacial score (nSPS) is 14.5. The summed E-state index contributed by atoms with van der Waals surface area (Å²) < 4.78 is 0. The lowest BCUT2D eigenvalue weighted by molar-refractivity contribution is 0.341. The van der Waals surface area contributed by atoms with Crippen LogP contribution in [0.2, 0.25) is 0 Å². The summed E-state index contributed by atoms with van der Waals surface area (Å²) in [5.41, 5.74) is 10.2. The second kappa shape index (κ2) is 22.3. The summed E-state index contributed by atoms with van der Waals surface area (Å²) in [5.74, 6) is 0. The Labute approximate surface area is 225 Å². The molecule has 0 aliphatic carbocycles. The van der Waals surface area contributed by atoms with E-state index in [4.69, 9.17) is 5.11 Å². The van der Waals surface area contributed by atoms with Gasteiger partial charge in [-0.05, 0) is 132 Å². The van der Waals surface area contributed by atoms with E-state index in [0.717, 1.165) is 38.5 Å². The number of hydrogen-bond donors (Lipinski definition) is 1. The van der Waals surface area contributed by atoms with Crippen molar-refractivity contribution in [1.29, 1.82) is 0 Å². The van der Waals surface area contributed by atoms with Crippen molar-refractivity contribution in [3.63, 3.8) is 0 Å². The Bertz CT molecular complexity index is 804. The molecule has 0 saturated heterocycles. The predicted molar refractivity (Wildman–Crippen MR) is 164 cm³/mol. The Morgan fingerprint density at radius 2 is 0.583 bits per heavy atom. The summed E-state index contributed by atoms with van der Waals surface area (Å²) in [6.45, 7) is 17.9. The molecule has 0 aromatic carbocycles. The third-order valence-electron chi connectivity index (χ3n) is 6.69. The van der Waals surface area contributed by atoms with Gasteiger partial charge in [0.15, 0.2) is 0 Å². The quantitative estimate of drug-likeness (QED) is 0.177. The molecule has 36 heavy (non-hydrogen) atoms. The highest BCUT2D eigenvalue weighted by Gasteiger charge is 1.96. The summed E-state index contributed by atoms with van der Waals surface area (Å²) in [7, 11) is 0. The van der Waals surface area contributed by atoms with Gasteiger partial charge in [-0.2, -0.15) is 0 Å². The highest BCUT2D eigenvalue weighted by atomic mass is 16.2. The number of allylic oxidation sites excluding steroid dienone is 13. The first kappa shape index (κ1) is 34.1. The van der Waals surface area contributed by atoms with E-state index in [1.807, 2.05) is 6.08 Å². The average Bonchev–Trinajstić information content (AvgIpc) is 2.79. The molecule has 0 radical (unpaired) electrons. The SMILES string of the molecule is CC(C)=CCC/C(C)=C/CC/C(C)=C/CC/C(C)=C/CC/C(C)=C/CC/C(C)=C\CC/C(C)=C/CO. The molecule has 0 rings (SSSR count). The third kappa shape index (κ3) is 22.6. The van der Waals surface area contributed by atoms with Crippen LogP contribution >= 0.6 is 0 Å². The van der Waals surface area contributed by atoms with Gasteiger partial charge in [0.1, 0.15) is 0 Å². The molecular formula is C35H58O. The van der Waals surface area contributed by atoms with Gasteiger partial charge in [-0.25, -0.2) is 0 Å². The Morgan fingerprint density at radius 1 is 0.361 bits per heavy atom. The van der Waals surface area contributed by atoms with E-state index in [-0.39, 0.29) is 6.61 Å². The minimum absolute atomic E-state index is 0.152. The molecule has 0 unspecified atom stereocenters. The van der Waals surface area contributed by atoms with Gasteiger partial charge in [0, 0.05) is 0 Å². The van der Waals surface area contributed by atoms with Gasteiger partial charge in [-0.1, -0.05) is 81.5 Å². The highest BCUT2D eigenvalue weighted by Crippen LogP contribution is 2.16. The Morgan fingerprint density at radius 3 is 0.806 bits per heavy atom. The molecule has 1 N–H and O–H groups in total. The van der Waals surface area contributed by atoms with Crippen molar-refractivity contribution >= 4 is 0 Å². The summed E-state index contributed by atoms with van der Waals surface area (Å²) in [5, 5.41) is 8.93. The molecule has 0 atom stereocenters. The number of aliphatic hydroxyl groups is 1. The van der Waals surface area contributed by atoms with Crippen LogP contribution in [0.5, 0.6) is 0 Å². The minimum Gasteiger partial charge on any atom is -0.392 e. The fourth-order valence-electron chi connectivity index (χ4n) is 4.09. The molecular weight excluding hydrogens is 436 g/mol. The minimum atomic E-state index is 0.152. The van der Waals surface area contributed by atoms with Crippen LogP contribution in [0.25, 0.3) is 0 Å². The Hall–Kier alpha value is -1.86. The smallest absolute Gasteiger partial charge is 0.0614 e. The first-order valence-electron chi connectivity index (χ1n) is 14.3. The molecule has 0 saturated carbocycles. The monoisotopic (exact) mass is 494 g/mol. The van der Waals surface area contributed by atoms with Gasteiger partial charge >= 0.3 is 0 Å². The van der Waals surface area contributed by atoms with E-state index < -0.39 is 0 Å². The standard InChI is InChI=1S/C35H58O/c1-29(2)15-9-16-30(3)17-10-18-31(4)19-11-20-32(5)21-12-22-33(6)23-13-24-34(7)25-14-26-35(8)27-28-36/h15,17,19,21,23,25,27,36H,9-14,16,18,20,22,24,26,28H2,1-8H3/b30-17+,31-19+,32-21+,33-23+,34-25-,35-27+.